The monoisotopic (exact) mass is 217 g/mol. The molecule has 0 fully saturated rings. The number of nitrogens with one attached hydrogen (secondary N) is 1. The van der Waals surface area contributed by atoms with Gasteiger partial charge in [-0.15, -0.1) is 0 Å². The summed E-state index contributed by atoms with van der Waals surface area (Å²) in [6, 6.07) is 4.09. The van der Waals surface area contributed by atoms with Gasteiger partial charge in [-0.05, 0) is 42.5 Å². The Kier molecular flexibility index (Phi) is 2.04. The number of anilines is 1. The van der Waals surface area contributed by atoms with Crippen molar-refractivity contribution in [3.8, 4) is 0 Å². The Balaban J connectivity index is 1.99. The second kappa shape index (κ2) is 3.32. The van der Waals surface area contributed by atoms with Crippen LogP contribution < -0.4 is 5.32 Å². The lowest BCUT2D eigenvalue weighted by atomic mass is 10.0. The van der Waals surface area contributed by atoms with Gasteiger partial charge in [-0.2, -0.15) is 0 Å². The lowest BCUT2D eigenvalue weighted by Crippen LogP contribution is -2.23. The molecule has 16 heavy (non-hydrogen) atoms. The molecule has 0 bridgehead atoms. The van der Waals surface area contributed by atoms with Crippen LogP contribution in [0.5, 0.6) is 0 Å². The van der Waals surface area contributed by atoms with Gasteiger partial charge in [0.1, 0.15) is 0 Å². The number of fused-ring (bicyclic) bond motifs is 2. The number of carbonyl (C=O) groups is 1. The van der Waals surface area contributed by atoms with Crippen LogP contribution in [0.4, 0.5) is 5.69 Å². The van der Waals surface area contributed by atoms with Crippen LogP contribution in [-0.2, 0) is 17.6 Å². The van der Waals surface area contributed by atoms with Crippen molar-refractivity contribution in [3.63, 3.8) is 0 Å². The van der Waals surface area contributed by atoms with E-state index in [2.05, 4.69) is 11.4 Å². The Labute approximate surface area is 94.5 Å². The van der Waals surface area contributed by atoms with Gasteiger partial charge < -0.3 is 10.4 Å². The molecule has 1 aromatic carbocycles. The van der Waals surface area contributed by atoms with Gasteiger partial charge in [0.2, 0.25) is 0 Å². The highest BCUT2D eigenvalue weighted by molar-refractivity contribution is 5.87. The lowest BCUT2D eigenvalue weighted by molar-refractivity contribution is -0.117. The quantitative estimate of drug-likeness (QED) is 0.751. The minimum Gasteiger partial charge on any atom is -0.388 e. The fourth-order valence-corrected chi connectivity index (χ4v) is 2.69. The van der Waals surface area contributed by atoms with Gasteiger partial charge in [0.15, 0.2) is 5.78 Å². The normalized spacial score (nSPS) is 26.1. The molecule has 1 aliphatic heterocycles. The van der Waals surface area contributed by atoms with Crippen molar-refractivity contribution in [2.75, 3.05) is 5.32 Å². The summed E-state index contributed by atoms with van der Waals surface area (Å²) in [5.41, 5.74) is 4.53. The molecule has 2 N–H and O–H groups in total. The van der Waals surface area contributed by atoms with Crippen LogP contribution in [0.1, 0.15) is 36.1 Å². The molecule has 3 heteroatoms. The van der Waals surface area contributed by atoms with Crippen LogP contribution in [0.15, 0.2) is 12.1 Å². The highest BCUT2D eigenvalue weighted by Crippen LogP contribution is 2.37. The SMILES string of the molecule is CC(=O)C1Cc2cc3c(cc2N1)C(O)CC3. The predicted molar refractivity (Wildman–Crippen MR) is 61.5 cm³/mol. The first-order valence-electron chi connectivity index (χ1n) is 5.76. The minimum absolute atomic E-state index is 0.0744. The van der Waals surface area contributed by atoms with E-state index in [1.165, 1.54) is 11.1 Å². The zero-order valence-electron chi connectivity index (χ0n) is 9.29. The van der Waals surface area contributed by atoms with Crippen LogP contribution in [0.25, 0.3) is 0 Å². The van der Waals surface area contributed by atoms with Crippen molar-refractivity contribution < 1.29 is 9.90 Å². The molecular weight excluding hydrogens is 202 g/mol. The van der Waals surface area contributed by atoms with Gasteiger partial charge in [0.05, 0.1) is 12.1 Å². The molecule has 3 nitrogen and oxygen atoms in total. The molecule has 84 valence electrons. The maximum atomic E-state index is 11.3. The van der Waals surface area contributed by atoms with E-state index in [0.29, 0.717) is 0 Å². The number of benzene rings is 1. The Bertz CT molecular complexity index is 467. The largest absolute Gasteiger partial charge is 0.388 e. The number of ketones is 1. The van der Waals surface area contributed by atoms with E-state index in [-0.39, 0.29) is 17.9 Å². The highest BCUT2D eigenvalue weighted by Gasteiger charge is 2.28. The van der Waals surface area contributed by atoms with Gasteiger partial charge in [-0.3, -0.25) is 4.79 Å². The third-order valence-corrected chi connectivity index (χ3v) is 3.66. The van der Waals surface area contributed by atoms with E-state index in [4.69, 9.17) is 0 Å². The minimum atomic E-state index is -0.321. The van der Waals surface area contributed by atoms with Gasteiger partial charge >= 0.3 is 0 Å². The third-order valence-electron chi connectivity index (χ3n) is 3.66. The molecule has 1 aliphatic carbocycles. The average Bonchev–Trinajstić information content (AvgIpc) is 2.80. The average molecular weight is 217 g/mol. The first-order valence-corrected chi connectivity index (χ1v) is 5.76. The maximum Gasteiger partial charge on any atom is 0.152 e. The van der Waals surface area contributed by atoms with Gasteiger partial charge in [0.25, 0.3) is 0 Å². The molecule has 0 radical (unpaired) electrons. The number of aliphatic hydroxyl groups is 1. The summed E-state index contributed by atoms with van der Waals surface area (Å²) in [7, 11) is 0. The first-order chi connectivity index (χ1) is 7.65. The topological polar surface area (TPSA) is 49.3 Å². The second-order valence-electron chi connectivity index (χ2n) is 4.77. The standard InChI is InChI=1S/C13H15NO2/c1-7(15)11-5-9-4-8-2-3-13(16)10(8)6-12(9)14-11/h4,6,11,13-14,16H,2-3,5H2,1H3. The third kappa shape index (κ3) is 1.35. The molecule has 2 aliphatic rings. The Hall–Kier alpha value is -1.35. The van der Waals surface area contributed by atoms with Crippen LogP contribution in [-0.4, -0.2) is 16.9 Å². The van der Waals surface area contributed by atoms with Crippen LogP contribution in [0, 0.1) is 0 Å². The molecule has 0 saturated heterocycles. The van der Waals surface area contributed by atoms with Crippen molar-refractivity contribution in [2.24, 2.45) is 0 Å². The van der Waals surface area contributed by atoms with E-state index in [1.807, 2.05) is 6.07 Å². The van der Waals surface area contributed by atoms with Crippen LogP contribution in [0.3, 0.4) is 0 Å². The van der Waals surface area contributed by atoms with Crippen molar-refractivity contribution in [2.45, 2.75) is 38.3 Å². The van der Waals surface area contributed by atoms with Crippen LogP contribution >= 0.6 is 0 Å². The number of Topliss-reactive ketones (excluding diaryl/α,β-unsaturated/α-hetero) is 1. The molecule has 0 spiro atoms. The highest BCUT2D eigenvalue weighted by atomic mass is 16.3. The summed E-state index contributed by atoms with van der Waals surface area (Å²) in [6.45, 7) is 1.62. The fraction of sp³-hybridized carbons (Fsp3) is 0.462. The molecule has 0 aromatic heterocycles. The van der Waals surface area contributed by atoms with Crippen LogP contribution in [0.2, 0.25) is 0 Å². The fourth-order valence-electron chi connectivity index (χ4n) is 2.69. The number of aliphatic hydroxyl groups excluding tert-OH is 1. The van der Waals surface area contributed by atoms with Gasteiger partial charge in [-0.25, -0.2) is 0 Å². The van der Waals surface area contributed by atoms with Crippen molar-refractivity contribution >= 4 is 11.5 Å². The Morgan fingerprint density at radius 2 is 2.25 bits per heavy atom. The summed E-state index contributed by atoms with van der Waals surface area (Å²) in [4.78, 5) is 11.3. The van der Waals surface area contributed by atoms with E-state index in [0.717, 1.165) is 30.5 Å². The maximum absolute atomic E-state index is 11.3. The zero-order chi connectivity index (χ0) is 11.3. The van der Waals surface area contributed by atoms with E-state index >= 15 is 0 Å². The molecule has 0 saturated carbocycles. The second-order valence-corrected chi connectivity index (χ2v) is 4.77. The molecule has 1 aromatic rings. The molecule has 2 unspecified atom stereocenters. The number of aryl methyl sites for hydroxylation is 1. The summed E-state index contributed by atoms with van der Waals surface area (Å²) in [5.74, 6) is 0.178. The van der Waals surface area contributed by atoms with Crippen molar-refractivity contribution in [1.29, 1.82) is 0 Å². The first kappa shape index (κ1) is 9.85. The molecule has 2 atom stereocenters. The predicted octanol–water partition coefficient (Wildman–Crippen LogP) is 1.59. The Morgan fingerprint density at radius 1 is 1.44 bits per heavy atom. The zero-order valence-corrected chi connectivity index (χ0v) is 9.29. The Morgan fingerprint density at radius 3 is 3.00 bits per heavy atom. The van der Waals surface area contributed by atoms with Crippen molar-refractivity contribution in [3.05, 3.63) is 28.8 Å². The van der Waals surface area contributed by atoms with E-state index in [1.54, 1.807) is 6.92 Å². The molecule has 0 amide bonds. The molecular formula is C13H15NO2. The van der Waals surface area contributed by atoms with Gasteiger partial charge in [0, 0.05) is 12.1 Å². The van der Waals surface area contributed by atoms with Crippen molar-refractivity contribution in [1.82, 2.24) is 0 Å². The number of hydrogen-bond acceptors (Lipinski definition) is 3. The van der Waals surface area contributed by atoms with E-state index in [9.17, 15) is 9.90 Å². The molecule has 1 heterocycles. The summed E-state index contributed by atoms with van der Waals surface area (Å²) >= 11 is 0. The molecule has 3 rings (SSSR count). The van der Waals surface area contributed by atoms with Gasteiger partial charge in [-0.1, -0.05) is 6.07 Å². The summed E-state index contributed by atoms with van der Waals surface area (Å²) < 4.78 is 0. The number of carbonyl (C=O) groups excluding carboxylic acids is 1. The lowest BCUT2D eigenvalue weighted by Gasteiger charge is -2.08. The number of hydrogen-bond donors (Lipinski definition) is 2. The summed E-state index contributed by atoms with van der Waals surface area (Å²) in [6.07, 6.45) is 2.25. The van der Waals surface area contributed by atoms with E-state index < -0.39 is 0 Å². The smallest absolute Gasteiger partial charge is 0.152 e. The number of rotatable bonds is 1. The summed E-state index contributed by atoms with van der Waals surface area (Å²) in [5, 5.41) is 13.0.